The van der Waals surface area contributed by atoms with Crippen molar-refractivity contribution < 1.29 is 13.2 Å². The molecule has 0 atom stereocenters. The third kappa shape index (κ3) is 1.31. The number of fused-ring (bicyclic) bond motifs is 1. The zero-order valence-electron chi connectivity index (χ0n) is 6.68. The Kier molecular flexibility index (Phi) is 2.26. The van der Waals surface area contributed by atoms with Gasteiger partial charge in [0, 0.05) is 0 Å². The average molecular weight is 308 g/mol. The van der Waals surface area contributed by atoms with Crippen molar-refractivity contribution in [1.29, 1.82) is 0 Å². The van der Waals surface area contributed by atoms with Crippen LogP contribution in [0, 0.1) is 15.4 Å². The largest absolute Gasteiger partial charge is 0.430 e. The molecule has 0 N–H and O–H groups in total. The summed E-state index contributed by atoms with van der Waals surface area (Å²) in [5, 5.41) is -0.210. The van der Waals surface area contributed by atoms with Gasteiger partial charge in [-0.15, -0.1) is 0 Å². The lowest BCUT2D eigenvalue weighted by atomic mass is 10.2. The summed E-state index contributed by atoms with van der Waals surface area (Å²) in [6.07, 6.45) is 0. The van der Waals surface area contributed by atoms with Gasteiger partial charge in [-0.2, -0.15) is 4.39 Å². The Labute approximate surface area is 90.7 Å². The monoisotopic (exact) mass is 308 g/mol. The van der Waals surface area contributed by atoms with Crippen LogP contribution in [0.1, 0.15) is 0 Å². The fraction of sp³-hybridized carbons (Fsp3) is 0. The van der Waals surface area contributed by atoms with Crippen LogP contribution in [0.15, 0.2) is 27.4 Å². The summed E-state index contributed by atoms with van der Waals surface area (Å²) in [6.45, 7) is 0. The van der Waals surface area contributed by atoms with E-state index < -0.39 is 17.3 Å². The van der Waals surface area contributed by atoms with Gasteiger partial charge in [0.05, 0.1) is 0 Å². The Morgan fingerprint density at radius 1 is 1.29 bits per heavy atom. The topological polar surface area (TPSA) is 30.2 Å². The van der Waals surface area contributed by atoms with E-state index in [2.05, 4.69) is 4.42 Å². The van der Waals surface area contributed by atoms with Crippen LogP contribution < -0.4 is 5.43 Å². The van der Waals surface area contributed by atoms with E-state index in [-0.39, 0.29) is 14.5 Å². The molecule has 0 unspecified atom stereocenters. The molecule has 2 nitrogen and oxygen atoms in total. The molecule has 0 bridgehead atoms. The highest BCUT2D eigenvalue weighted by Crippen LogP contribution is 2.17. The number of halogens is 3. The first-order valence-corrected chi connectivity index (χ1v) is 4.75. The molecule has 0 fully saturated rings. The van der Waals surface area contributed by atoms with Gasteiger partial charge in [-0.3, -0.25) is 4.79 Å². The molecular formula is C9H3F2IO2. The fourth-order valence-electron chi connectivity index (χ4n) is 1.15. The molecule has 0 spiro atoms. The van der Waals surface area contributed by atoms with Gasteiger partial charge in [0.2, 0.25) is 5.43 Å². The molecule has 2 rings (SSSR count). The highest BCUT2D eigenvalue weighted by molar-refractivity contribution is 14.1. The van der Waals surface area contributed by atoms with E-state index in [1.807, 2.05) is 0 Å². The van der Waals surface area contributed by atoms with Crippen LogP contribution in [-0.2, 0) is 0 Å². The van der Waals surface area contributed by atoms with Gasteiger partial charge in [0.1, 0.15) is 20.4 Å². The first-order valence-electron chi connectivity index (χ1n) is 3.67. The van der Waals surface area contributed by atoms with Gasteiger partial charge in [-0.05, 0) is 34.7 Å². The molecular weight excluding hydrogens is 305 g/mol. The molecule has 1 heterocycles. The third-order valence-corrected chi connectivity index (χ3v) is 2.69. The van der Waals surface area contributed by atoms with Crippen LogP contribution in [-0.4, -0.2) is 0 Å². The molecule has 5 heteroatoms. The van der Waals surface area contributed by atoms with Gasteiger partial charge in [0.25, 0.3) is 6.01 Å². The summed E-state index contributed by atoms with van der Waals surface area (Å²) < 4.78 is 30.5. The van der Waals surface area contributed by atoms with Gasteiger partial charge in [0.15, 0.2) is 0 Å². The first-order chi connectivity index (χ1) is 6.61. The molecule has 0 amide bonds. The van der Waals surface area contributed by atoms with E-state index >= 15 is 0 Å². The Morgan fingerprint density at radius 2 is 2.00 bits per heavy atom. The molecule has 1 aromatic carbocycles. The SMILES string of the molecule is O=c1c(I)c(F)oc2cccc(F)c12. The maximum Gasteiger partial charge on any atom is 0.295 e. The lowest BCUT2D eigenvalue weighted by Gasteiger charge is -1.99. The standard InChI is InChI=1S/C9H3F2IO2/c10-4-2-1-3-5-6(4)8(13)7(12)9(11)14-5/h1-3H. The summed E-state index contributed by atoms with van der Waals surface area (Å²) >= 11 is 1.49. The van der Waals surface area contributed by atoms with Gasteiger partial charge < -0.3 is 4.42 Å². The molecule has 0 aliphatic heterocycles. The maximum atomic E-state index is 13.2. The van der Waals surface area contributed by atoms with Crippen molar-refractivity contribution in [3.63, 3.8) is 0 Å². The number of hydrogen-bond acceptors (Lipinski definition) is 2. The minimum atomic E-state index is -0.978. The van der Waals surface area contributed by atoms with Crippen molar-refractivity contribution in [2.24, 2.45) is 0 Å². The van der Waals surface area contributed by atoms with Crippen LogP contribution in [0.5, 0.6) is 0 Å². The molecule has 0 saturated carbocycles. The summed E-state index contributed by atoms with van der Waals surface area (Å²) in [6, 6.07) is 2.85. The minimum absolute atomic E-state index is 0.0760. The normalized spacial score (nSPS) is 10.8. The Hall–Kier alpha value is -0.980. The number of rotatable bonds is 0. The van der Waals surface area contributed by atoms with E-state index in [0.717, 1.165) is 6.07 Å². The summed E-state index contributed by atoms with van der Waals surface area (Å²) in [4.78, 5) is 11.4. The highest BCUT2D eigenvalue weighted by Gasteiger charge is 2.14. The summed E-state index contributed by atoms with van der Waals surface area (Å²) in [7, 11) is 0. The van der Waals surface area contributed by atoms with E-state index in [1.165, 1.54) is 34.7 Å². The van der Waals surface area contributed by atoms with Crippen molar-refractivity contribution in [3.8, 4) is 0 Å². The first kappa shape index (κ1) is 9.57. The van der Waals surface area contributed by atoms with Crippen LogP contribution in [0.25, 0.3) is 11.0 Å². The zero-order valence-corrected chi connectivity index (χ0v) is 8.84. The molecule has 0 aliphatic rings. The predicted molar refractivity (Wildman–Crippen MR) is 55.1 cm³/mol. The third-order valence-electron chi connectivity index (χ3n) is 1.77. The summed E-state index contributed by atoms with van der Waals surface area (Å²) in [5.74, 6) is -0.700. The second-order valence-corrected chi connectivity index (χ2v) is 3.71. The average Bonchev–Trinajstić information content (AvgIpc) is 2.14. The quantitative estimate of drug-likeness (QED) is 0.701. The van der Waals surface area contributed by atoms with Crippen molar-refractivity contribution in [3.05, 3.63) is 43.8 Å². The summed E-state index contributed by atoms with van der Waals surface area (Å²) in [5.41, 5.74) is -0.754. The van der Waals surface area contributed by atoms with Crippen molar-refractivity contribution in [2.45, 2.75) is 0 Å². The fourth-order valence-corrected chi connectivity index (χ4v) is 1.53. The highest BCUT2D eigenvalue weighted by atomic mass is 127. The molecule has 0 aliphatic carbocycles. The van der Waals surface area contributed by atoms with Crippen molar-refractivity contribution >= 4 is 33.6 Å². The van der Waals surface area contributed by atoms with E-state index in [9.17, 15) is 13.6 Å². The lowest BCUT2D eigenvalue weighted by Crippen LogP contribution is -2.09. The minimum Gasteiger partial charge on any atom is -0.430 e. The van der Waals surface area contributed by atoms with E-state index in [1.54, 1.807) is 0 Å². The van der Waals surface area contributed by atoms with Crippen LogP contribution in [0.2, 0.25) is 0 Å². The molecule has 0 radical (unpaired) electrons. The Bertz CT molecular complexity index is 562. The second-order valence-electron chi connectivity index (χ2n) is 2.63. The molecule has 0 saturated heterocycles. The second kappa shape index (κ2) is 3.30. The van der Waals surface area contributed by atoms with E-state index in [0.29, 0.717) is 0 Å². The smallest absolute Gasteiger partial charge is 0.295 e. The maximum absolute atomic E-state index is 13.2. The lowest BCUT2D eigenvalue weighted by molar-refractivity contribution is 0.363. The van der Waals surface area contributed by atoms with Crippen LogP contribution >= 0.6 is 22.6 Å². The molecule has 14 heavy (non-hydrogen) atoms. The van der Waals surface area contributed by atoms with Gasteiger partial charge in [-0.1, -0.05) is 6.07 Å². The van der Waals surface area contributed by atoms with Crippen molar-refractivity contribution in [1.82, 2.24) is 0 Å². The molecule has 72 valence electrons. The number of hydrogen-bond donors (Lipinski definition) is 0. The van der Waals surface area contributed by atoms with Gasteiger partial charge in [-0.25, -0.2) is 4.39 Å². The van der Waals surface area contributed by atoms with Crippen LogP contribution in [0.4, 0.5) is 8.78 Å². The molecule has 2 aromatic rings. The zero-order chi connectivity index (χ0) is 10.3. The van der Waals surface area contributed by atoms with E-state index in [4.69, 9.17) is 0 Å². The van der Waals surface area contributed by atoms with Crippen LogP contribution in [0.3, 0.4) is 0 Å². The van der Waals surface area contributed by atoms with Crippen molar-refractivity contribution in [2.75, 3.05) is 0 Å². The van der Waals surface area contributed by atoms with Gasteiger partial charge >= 0.3 is 0 Å². The number of benzene rings is 1. The predicted octanol–water partition coefficient (Wildman–Crippen LogP) is 2.68. The Balaban J connectivity index is 3.07. The molecule has 1 aromatic heterocycles. The Morgan fingerprint density at radius 3 is 2.71 bits per heavy atom.